The molecule has 6 heteroatoms. The zero-order chi connectivity index (χ0) is 15.9. The van der Waals surface area contributed by atoms with Gasteiger partial charge in [0.05, 0.1) is 5.02 Å². The molecule has 0 saturated heterocycles. The summed E-state index contributed by atoms with van der Waals surface area (Å²) in [5.74, 6) is -1.17. The average molecular weight is 337 g/mol. The van der Waals surface area contributed by atoms with E-state index in [0.29, 0.717) is 16.7 Å². The van der Waals surface area contributed by atoms with Crippen molar-refractivity contribution >= 4 is 35.0 Å². The van der Waals surface area contributed by atoms with E-state index in [4.69, 9.17) is 33.0 Å². The van der Waals surface area contributed by atoms with Gasteiger partial charge in [0.1, 0.15) is 10.8 Å². The Labute approximate surface area is 136 Å². The molecule has 4 nitrogen and oxygen atoms in total. The van der Waals surface area contributed by atoms with Crippen LogP contribution in [0.4, 0.5) is 0 Å². The number of hydrogen-bond acceptors (Lipinski definition) is 3. The van der Waals surface area contributed by atoms with Crippen LogP contribution in [0, 0.1) is 0 Å². The Balaban J connectivity index is 2.11. The summed E-state index contributed by atoms with van der Waals surface area (Å²) >= 11 is 12.1. The molecule has 0 saturated carbocycles. The number of hydrogen-bond donors (Lipinski definition) is 1. The Bertz CT molecular complexity index is 771. The van der Waals surface area contributed by atoms with Crippen LogP contribution < -0.4 is 4.74 Å². The van der Waals surface area contributed by atoms with E-state index >= 15 is 0 Å². The van der Waals surface area contributed by atoms with Gasteiger partial charge >= 0.3 is 5.97 Å². The van der Waals surface area contributed by atoms with E-state index in [1.54, 1.807) is 30.3 Å². The molecule has 1 unspecified atom stereocenters. The van der Waals surface area contributed by atoms with Crippen molar-refractivity contribution in [3.63, 3.8) is 0 Å². The van der Waals surface area contributed by atoms with Gasteiger partial charge in [-0.25, -0.2) is 4.79 Å². The van der Waals surface area contributed by atoms with Gasteiger partial charge in [0.25, 0.3) is 0 Å². The van der Waals surface area contributed by atoms with Gasteiger partial charge < -0.3 is 9.84 Å². The number of carboxylic acid groups (broad SMARTS) is 1. The summed E-state index contributed by atoms with van der Waals surface area (Å²) in [5.41, 5.74) is 1.29. The minimum Gasteiger partial charge on any atom is -0.478 e. The maximum absolute atomic E-state index is 12.6. The molecular weight excluding hydrogens is 327 g/mol. The Hall–Kier alpha value is -2.04. The summed E-state index contributed by atoms with van der Waals surface area (Å²) in [4.78, 5) is 23.8. The first kappa shape index (κ1) is 14.9. The predicted octanol–water partition coefficient (Wildman–Crippen LogP) is 3.61. The van der Waals surface area contributed by atoms with Gasteiger partial charge in [-0.2, -0.15) is 0 Å². The minimum atomic E-state index is -1.11. The molecule has 3 rings (SSSR count). The third kappa shape index (κ3) is 2.45. The Morgan fingerprint density at radius 1 is 1.18 bits per heavy atom. The van der Waals surface area contributed by atoms with Gasteiger partial charge in [-0.3, -0.25) is 4.79 Å². The van der Waals surface area contributed by atoms with Crippen LogP contribution >= 0.6 is 23.2 Å². The molecule has 0 bridgehead atoms. The molecule has 1 heterocycles. The van der Waals surface area contributed by atoms with Crippen molar-refractivity contribution in [3.8, 4) is 5.75 Å². The number of ketones is 1. The third-order valence-corrected chi connectivity index (χ3v) is 4.26. The topological polar surface area (TPSA) is 63.6 Å². The number of fused-ring (bicyclic) bond motifs is 1. The summed E-state index contributed by atoms with van der Waals surface area (Å²) < 4.78 is 5.34. The molecular formula is C16H10Cl2O4. The maximum Gasteiger partial charge on any atom is 0.345 e. The molecule has 0 spiro atoms. The molecule has 1 aliphatic rings. The normalized spacial score (nSPS) is 16.0. The number of carbonyl (C=O) groups excluding carboxylic acids is 1. The summed E-state index contributed by atoms with van der Waals surface area (Å²) in [5, 5.41) is 9.39. The van der Waals surface area contributed by atoms with E-state index in [0.717, 1.165) is 0 Å². The van der Waals surface area contributed by atoms with Crippen molar-refractivity contribution < 1.29 is 19.4 Å². The number of benzene rings is 2. The van der Waals surface area contributed by atoms with Crippen molar-refractivity contribution in [3.05, 3.63) is 63.1 Å². The molecule has 22 heavy (non-hydrogen) atoms. The van der Waals surface area contributed by atoms with E-state index in [2.05, 4.69) is 0 Å². The molecule has 2 aromatic carbocycles. The van der Waals surface area contributed by atoms with Crippen LogP contribution in [0.25, 0.3) is 0 Å². The van der Waals surface area contributed by atoms with Crippen molar-refractivity contribution in [1.82, 2.24) is 0 Å². The second kappa shape index (κ2) is 5.63. The molecule has 0 radical (unpaired) electrons. The lowest BCUT2D eigenvalue weighted by Crippen LogP contribution is -2.24. The van der Waals surface area contributed by atoms with Crippen molar-refractivity contribution in [2.75, 3.05) is 0 Å². The largest absolute Gasteiger partial charge is 0.478 e. The predicted molar refractivity (Wildman–Crippen MR) is 82.1 cm³/mol. The van der Waals surface area contributed by atoms with Crippen LogP contribution in [0.1, 0.15) is 21.5 Å². The first-order valence-electron chi connectivity index (χ1n) is 6.49. The van der Waals surface area contributed by atoms with Crippen molar-refractivity contribution in [1.29, 1.82) is 0 Å². The fourth-order valence-corrected chi connectivity index (χ4v) is 2.83. The molecule has 112 valence electrons. The maximum atomic E-state index is 12.6. The van der Waals surface area contributed by atoms with Gasteiger partial charge in [0.15, 0.2) is 11.9 Å². The summed E-state index contributed by atoms with van der Waals surface area (Å²) in [6, 6.07) is 10.1. The van der Waals surface area contributed by atoms with Crippen LogP contribution in [0.3, 0.4) is 0 Å². The Morgan fingerprint density at radius 2 is 1.86 bits per heavy atom. The Kier molecular flexibility index (Phi) is 3.81. The molecule has 2 aromatic rings. The number of aliphatic carboxylic acids is 1. The second-order valence-electron chi connectivity index (χ2n) is 4.87. The third-order valence-electron chi connectivity index (χ3n) is 3.48. The molecule has 0 aromatic heterocycles. The Morgan fingerprint density at radius 3 is 2.50 bits per heavy atom. The minimum absolute atomic E-state index is 0.0788. The van der Waals surface area contributed by atoms with E-state index in [9.17, 15) is 9.59 Å². The fraction of sp³-hybridized carbons (Fsp3) is 0.125. The van der Waals surface area contributed by atoms with Crippen LogP contribution in [0.5, 0.6) is 5.75 Å². The highest BCUT2D eigenvalue weighted by molar-refractivity contribution is 6.43. The monoisotopic (exact) mass is 336 g/mol. The average Bonchev–Trinajstić information content (AvgIpc) is 2.97. The highest BCUT2D eigenvalue weighted by Gasteiger charge is 2.35. The van der Waals surface area contributed by atoms with E-state index in [1.807, 2.05) is 0 Å². The first-order valence-corrected chi connectivity index (χ1v) is 7.24. The zero-order valence-corrected chi connectivity index (χ0v) is 12.7. The molecule has 0 amide bonds. The summed E-state index contributed by atoms with van der Waals surface area (Å²) in [6.07, 6.45) is -0.983. The highest BCUT2D eigenvalue weighted by atomic mass is 35.5. The number of carboxylic acids is 1. The standard InChI is InChI=1S/C16H10Cl2O4/c17-11-6-9(14(19)8-4-2-1-3-5-8)10-7-12(16(20)21)22-15(10)13(11)18/h1-6,12H,7H2,(H,20,21). The SMILES string of the molecule is O=C(c1ccccc1)c1cc(Cl)c(Cl)c2c1CC(C(=O)O)O2. The molecule has 1 atom stereocenters. The van der Waals surface area contributed by atoms with E-state index in [-0.39, 0.29) is 28.0 Å². The van der Waals surface area contributed by atoms with Crippen LogP contribution in [0.15, 0.2) is 36.4 Å². The molecule has 0 aliphatic carbocycles. The van der Waals surface area contributed by atoms with Crippen LogP contribution in [0.2, 0.25) is 10.0 Å². The van der Waals surface area contributed by atoms with Crippen molar-refractivity contribution in [2.24, 2.45) is 0 Å². The first-order chi connectivity index (χ1) is 10.5. The molecule has 0 fully saturated rings. The van der Waals surface area contributed by atoms with Crippen molar-refractivity contribution in [2.45, 2.75) is 12.5 Å². The smallest absolute Gasteiger partial charge is 0.345 e. The van der Waals surface area contributed by atoms with Gasteiger partial charge in [-0.15, -0.1) is 0 Å². The number of ether oxygens (including phenoxy) is 1. The number of carbonyl (C=O) groups is 2. The fourth-order valence-electron chi connectivity index (χ4n) is 2.42. The molecule has 1 N–H and O–H groups in total. The van der Waals surface area contributed by atoms with E-state index < -0.39 is 12.1 Å². The van der Waals surface area contributed by atoms with Gasteiger partial charge in [-0.1, -0.05) is 53.5 Å². The molecule has 1 aliphatic heterocycles. The van der Waals surface area contributed by atoms with Gasteiger partial charge in [-0.05, 0) is 6.07 Å². The number of rotatable bonds is 3. The van der Waals surface area contributed by atoms with Gasteiger partial charge in [0.2, 0.25) is 0 Å². The second-order valence-corrected chi connectivity index (χ2v) is 5.66. The lowest BCUT2D eigenvalue weighted by molar-refractivity contribution is -0.144. The highest BCUT2D eigenvalue weighted by Crippen LogP contribution is 2.43. The zero-order valence-electron chi connectivity index (χ0n) is 11.2. The van der Waals surface area contributed by atoms with E-state index in [1.165, 1.54) is 6.07 Å². The number of halogens is 2. The lowest BCUT2D eigenvalue weighted by atomic mass is 9.96. The quantitative estimate of drug-likeness (QED) is 0.869. The summed E-state index contributed by atoms with van der Waals surface area (Å²) in [6.45, 7) is 0. The summed E-state index contributed by atoms with van der Waals surface area (Å²) in [7, 11) is 0. The van der Waals surface area contributed by atoms with Gasteiger partial charge in [0, 0.05) is 23.1 Å². The lowest BCUT2D eigenvalue weighted by Gasteiger charge is -2.09. The van der Waals surface area contributed by atoms with Crippen LogP contribution in [-0.2, 0) is 11.2 Å². The van der Waals surface area contributed by atoms with Crippen LogP contribution in [-0.4, -0.2) is 23.0 Å².